The fraction of sp³-hybridized carbons (Fsp3) is 0.300. The molecule has 0 saturated heterocycles. The molecule has 0 aliphatic heterocycles. The van der Waals surface area contributed by atoms with Crippen LogP contribution in [0.2, 0.25) is 0 Å². The highest BCUT2D eigenvalue weighted by molar-refractivity contribution is 5.97. The third-order valence-electron chi connectivity index (χ3n) is 7.65. The summed E-state index contributed by atoms with van der Waals surface area (Å²) in [6, 6.07) is 20.4. The molecule has 1 amide bonds. The number of aromatic amines is 1. The minimum atomic E-state index is -0.0712. The highest BCUT2D eigenvalue weighted by Gasteiger charge is 2.22. The molecule has 37 heavy (non-hydrogen) atoms. The first-order valence-corrected chi connectivity index (χ1v) is 13.1. The van der Waals surface area contributed by atoms with Crippen LogP contribution < -0.4 is 11.1 Å². The summed E-state index contributed by atoms with van der Waals surface area (Å²) < 4.78 is 2.06. The summed E-state index contributed by atoms with van der Waals surface area (Å²) in [7, 11) is 2.00. The third-order valence-corrected chi connectivity index (χ3v) is 7.65. The molecule has 188 valence electrons. The van der Waals surface area contributed by atoms with Crippen molar-refractivity contribution in [2.75, 3.05) is 13.1 Å². The lowest BCUT2D eigenvalue weighted by molar-refractivity contribution is 0.0954. The van der Waals surface area contributed by atoms with Gasteiger partial charge in [0, 0.05) is 24.8 Å². The summed E-state index contributed by atoms with van der Waals surface area (Å²) >= 11 is 0. The molecule has 0 saturated carbocycles. The zero-order valence-corrected chi connectivity index (χ0v) is 21.1. The van der Waals surface area contributed by atoms with Gasteiger partial charge in [-0.3, -0.25) is 4.79 Å². The van der Waals surface area contributed by atoms with Gasteiger partial charge in [-0.1, -0.05) is 42.5 Å². The second kappa shape index (κ2) is 9.82. The normalized spacial score (nSPS) is 15.2. The minimum Gasteiger partial charge on any atom is -0.352 e. The standard InChI is InChI=1S/C30H32N6O/c1-36-27-16-22(30(37)32-14-13-21-7-4-6-20-5-2-3-8-23(20)21)10-12-25(27)35-29(36)17-28-33-24-11-9-19(18-31)15-26(24)34-28/h2-8,10,12,16,19H,9,11,13-15,17-18,31H2,1H3,(H,32,37)(H,33,34). The molecule has 0 bridgehead atoms. The number of aromatic nitrogens is 4. The average Bonchev–Trinajstić information content (AvgIpc) is 3.47. The molecule has 0 spiro atoms. The maximum atomic E-state index is 13.0. The third kappa shape index (κ3) is 4.62. The Hall–Kier alpha value is -3.97. The largest absolute Gasteiger partial charge is 0.352 e. The van der Waals surface area contributed by atoms with Crippen LogP contribution in [-0.4, -0.2) is 38.5 Å². The van der Waals surface area contributed by atoms with E-state index in [4.69, 9.17) is 15.7 Å². The van der Waals surface area contributed by atoms with Crippen molar-refractivity contribution < 1.29 is 4.79 Å². The van der Waals surface area contributed by atoms with E-state index in [2.05, 4.69) is 51.3 Å². The topological polar surface area (TPSA) is 102 Å². The van der Waals surface area contributed by atoms with Gasteiger partial charge in [0.05, 0.1) is 23.1 Å². The van der Waals surface area contributed by atoms with Gasteiger partial charge in [-0.25, -0.2) is 9.97 Å². The number of rotatable bonds is 7. The molecule has 7 heteroatoms. The molecular weight excluding hydrogens is 460 g/mol. The number of carbonyl (C=O) groups is 1. The van der Waals surface area contributed by atoms with E-state index < -0.39 is 0 Å². The Morgan fingerprint density at radius 1 is 1.14 bits per heavy atom. The number of hydrogen-bond donors (Lipinski definition) is 3. The zero-order chi connectivity index (χ0) is 25.4. The number of H-pyrrole nitrogens is 1. The predicted molar refractivity (Wildman–Crippen MR) is 147 cm³/mol. The second-order valence-corrected chi connectivity index (χ2v) is 10.1. The Balaban J connectivity index is 1.14. The van der Waals surface area contributed by atoms with Crippen molar-refractivity contribution in [2.45, 2.75) is 32.1 Å². The van der Waals surface area contributed by atoms with E-state index in [1.807, 2.05) is 31.3 Å². The number of nitrogens with two attached hydrogens (primary N) is 1. The Morgan fingerprint density at radius 3 is 2.89 bits per heavy atom. The summed E-state index contributed by atoms with van der Waals surface area (Å²) in [5.74, 6) is 2.32. The number of aryl methyl sites for hydroxylation is 2. The van der Waals surface area contributed by atoms with Crippen molar-refractivity contribution in [3.8, 4) is 0 Å². The Bertz CT molecular complexity index is 1590. The number of nitrogens with one attached hydrogen (secondary N) is 2. The van der Waals surface area contributed by atoms with Gasteiger partial charge in [0.15, 0.2) is 0 Å². The van der Waals surface area contributed by atoms with Crippen molar-refractivity contribution >= 4 is 27.7 Å². The monoisotopic (exact) mass is 492 g/mol. The van der Waals surface area contributed by atoms with Crippen LogP contribution in [0.4, 0.5) is 0 Å². The second-order valence-electron chi connectivity index (χ2n) is 10.1. The average molecular weight is 493 g/mol. The number of hydrogen-bond acceptors (Lipinski definition) is 4. The number of nitrogens with zero attached hydrogens (tertiary/aromatic N) is 3. The molecule has 2 aromatic heterocycles. The van der Waals surface area contributed by atoms with Gasteiger partial charge < -0.3 is 20.6 Å². The van der Waals surface area contributed by atoms with Crippen LogP contribution in [0.15, 0.2) is 60.7 Å². The molecule has 1 aliphatic carbocycles. The van der Waals surface area contributed by atoms with E-state index in [-0.39, 0.29) is 5.91 Å². The van der Waals surface area contributed by atoms with Gasteiger partial charge in [0.1, 0.15) is 11.6 Å². The fourth-order valence-corrected chi connectivity index (χ4v) is 5.51. The van der Waals surface area contributed by atoms with Crippen LogP contribution in [0.25, 0.3) is 21.8 Å². The van der Waals surface area contributed by atoms with Crippen molar-refractivity contribution in [3.63, 3.8) is 0 Å². The summed E-state index contributed by atoms with van der Waals surface area (Å²) in [5.41, 5.74) is 12.0. The Kier molecular flexibility index (Phi) is 6.22. The van der Waals surface area contributed by atoms with Gasteiger partial charge in [0.2, 0.25) is 0 Å². The summed E-state index contributed by atoms with van der Waals surface area (Å²) in [6.45, 7) is 1.30. The molecule has 3 aromatic carbocycles. The minimum absolute atomic E-state index is 0.0712. The number of imidazole rings is 2. The summed E-state index contributed by atoms with van der Waals surface area (Å²) in [5, 5.41) is 5.54. The molecule has 1 atom stereocenters. The van der Waals surface area contributed by atoms with E-state index in [9.17, 15) is 4.79 Å². The molecule has 1 unspecified atom stereocenters. The van der Waals surface area contributed by atoms with Crippen molar-refractivity contribution in [1.29, 1.82) is 0 Å². The van der Waals surface area contributed by atoms with E-state index >= 15 is 0 Å². The van der Waals surface area contributed by atoms with Crippen molar-refractivity contribution in [2.24, 2.45) is 18.7 Å². The fourth-order valence-electron chi connectivity index (χ4n) is 5.51. The molecule has 6 rings (SSSR count). The van der Waals surface area contributed by atoms with Crippen molar-refractivity contribution in [3.05, 3.63) is 94.8 Å². The predicted octanol–water partition coefficient (Wildman–Crippen LogP) is 4.08. The lowest BCUT2D eigenvalue weighted by Gasteiger charge is -2.18. The molecule has 5 aromatic rings. The molecule has 0 radical (unpaired) electrons. The van der Waals surface area contributed by atoms with Crippen LogP contribution >= 0.6 is 0 Å². The molecule has 7 nitrogen and oxygen atoms in total. The van der Waals surface area contributed by atoms with Gasteiger partial charge in [0.25, 0.3) is 5.91 Å². The number of benzene rings is 3. The van der Waals surface area contributed by atoms with Crippen LogP contribution in [0, 0.1) is 5.92 Å². The summed E-state index contributed by atoms with van der Waals surface area (Å²) in [6.07, 6.45) is 4.46. The van der Waals surface area contributed by atoms with E-state index in [1.165, 1.54) is 27.7 Å². The molecule has 0 fully saturated rings. The van der Waals surface area contributed by atoms with E-state index in [0.29, 0.717) is 24.4 Å². The Labute approximate surface area is 216 Å². The van der Waals surface area contributed by atoms with Crippen molar-refractivity contribution in [1.82, 2.24) is 24.8 Å². The van der Waals surface area contributed by atoms with Gasteiger partial charge in [-0.05, 0) is 72.7 Å². The van der Waals surface area contributed by atoms with E-state index in [1.54, 1.807) is 0 Å². The first-order chi connectivity index (χ1) is 18.1. The maximum Gasteiger partial charge on any atom is 0.251 e. The lowest BCUT2D eigenvalue weighted by atomic mass is 9.90. The highest BCUT2D eigenvalue weighted by Crippen LogP contribution is 2.25. The smallest absolute Gasteiger partial charge is 0.251 e. The zero-order valence-electron chi connectivity index (χ0n) is 21.1. The lowest BCUT2D eigenvalue weighted by Crippen LogP contribution is -2.25. The quantitative estimate of drug-likeness (QED) is 0.319. The van der Waals surface area contributed by atoms with Gasteiger partial charge in [-0.15, -0.1) is 0 Å². The molecule has 2 heterocycles. The highest BCUT2D eigenvalue weighted by atomic mass is 16.1. The van der Waals surface area contributed by atoms with Crippen LogP contribution in [0.1, 0.15) is 45.4 Å². The molecule has 1 aliphatic rings. The number of carbonyl (C=O) groups excluding carboxylic acids is 1. The van der Waals surface area contributed by atoms with E-state index in [0.717, 1.165) is 54.9 Å². The van der Waals surface area contributed by atoms with Crippen LogP contribution in [-0.2, 0) is 32.7 Å². The molecular formula is C30H32N6O. The number of fused-ring (bicyclic) bond motifs is 3. The SMILES string of the molecule is Cn1c(Cc2nc3c([nH]2)CC(CN)CC3)nc2ccc(C(=O)NCCc3cccc4ccccc34)cc21. The van der Waals surface area contributed by atoms with Gasteiger partial charge >= 0.3 is 0 Å². The first-order valence-electron chi connectivity index (χ1n) is 13.1. The van der Waals surface area contributed by atoms with Crippen LogP contribution in [0.5, 0.6) is 0 Å². The summed E-state index contributed by atoms with van der Waals surface area (Å²) in [4.78, 5) is 26.1. The molecule has 4 N–H and O–H groups in total. The first kappa shape index (κ1) is 23.4. The Morgan fingerprint density at radius 2 is 2.00 bits per heavy atom. The number of amides is 1. The van der Waals surface area contributed by atoms with Crippen LogP contribution in [0.3, 0.4) is 0 Å². The van der Waals surface area contributed by atoms with Gasteiger partial charge in [-0.2, -0.15) is 0 Å². The maximum absolute atomic E-state index is 13.0.